The van der Waals surface area contributed by atoms with Gasteiger partial charge in [0.2, 0.25) is 5.91 Å². The summed E-state index contributed by atoms with van der Waals surface area (Å²) < 4.78 is 5.29. The van der Waals surface area contributed by atoms with Gasteiger partial charge in [-0.25, -0.2) is 4.79 Å². The molecule has 1 aromatic rings. The van der Waals surface area contributed by atoms with E-state index < -0.39 is 41.0 Å². The summed E-state index contributed by atoms with van der Waals surface area (Å²) in [5.41, 5.74) is 0. The van der Waals surface area contributed by atoms with Crippen molar-refractivity contribution < 1.29 is 29.0 Å². The maximum Gasteiger partial charge on any atom is 0.334 e. The van der Waals surface area contributed by atoms with Crippen molar-refractivity contribution in [3.63, 3.8) is 0 Å². The molecular weight excluding hydrogens is 336 g/mol. The number of nitrogens with one attached hydrogen (secondary N) is 1. The van der Waals surface area contributed by atoms with E-state index in [1.54, 1.807) is 24.3 Å². The number of fused-ring (bicyclic) bond motifs is 1. The van der Waals surface area contributed by atoms with Gasteiger partial charge in [0.05, 0.1) is 5.75 Å². The maximum absolute atomic E-state index is 12.1. The average Bonchev–Trinajstić information content (AvgIpc) is 2.58. The number of hydrogen-bond acceptors (Lipinski definition) is 6. The molecule has 2 heterocycles. The summed E-state index contributed by atoms with van der Waals surface area (Å²) in [5, 5.41) is 11.1. The van der Waals surface area contributed by atoms with Gasteiger partial charge in [-0.3, -0.25) is 14.4 Å². The number of aliphatic carboxylic acids is 1. The van der Waals surface area contributed by atoms with Gasteiger partial charge in [-0.05, 0) is 12.1 Å². The molecule has 9 heteroatoms. The zero-order chi connectivity index (χ0) is 17.3. The lowest BCUT2D eigenvalue weighted by atomic mass is 10.0. The van der Waals surface area contributed by atoms with E-state index in [1.807, 2.05) is 6.07 Å². The summed E-state index contributed by atoms with van der Waals surface area (Å²) in [6.07, 6.45) is 0. The molecule has 2 N–H and O–H groups in total. The molecule has 0 aliphatic carbocycles. The van der Waals surface area contributed by atoms with Crippen LogP contribution in [0.25, 0.3) is 0 Å². The third-order valence-electron chi connectivity index (χ3n) is 3.72. The van der Waals surface area contributed by atoms with Crippen molar-refractivity contribution >= 4 is 35.3 Å². The first kappa shape index (κ1) is 16.3. The van der Waals surface area contributed by atoms with Gasteiger partial charge in [-0.15, -0.1) is 11.8 Å². The highest BCUT2D eigenvalue weighted by Crippen LogP contribution is 2.36. The number of carboxylic acid groups (broad SMARTS) is 1. The zero-order valence-electron chi connectivity index (χ0n) is 12.4. The van der Waals surface area contributed by atoms with Crippen molar-refractivity contribution in [3.8, 4) is 5.75 Å². The van der Waals surface area contributed by atoms with E-state index >= 15 is 0 Å². The molecule has 24 heavy (non-hydrogen) atoms. The minimum absolute atomic E-state index is 0.00169. The molecular formula is C15H14N2O6S. The number of rotatable bonds is 5. The summed E-state index contributed by atoms with van der Waals surface area (Å²) in [7, 11) is 0. The molecule has 2 saturated heterocycles. The molecule has 3 atom stereocenters. The first-order chi connectivity index (χ1) is 11.5. The minimum Gasteiger partial charge on any atom is -0.484 e. The highest BCUT2D eigenvalue weighted by Gasteiger charge is 2.57. The Morgan fingerprint density at radius 1 is 1.29 bits per heavy atom. The predicted molar refractivity (Wildman–Crippen MR) is 83.4 cm³/mol. The first-order valence-corrected chi connectivity index (χ1v) is 8.20. The lowest BCUT2D eigenvalue weighted by Gasteiger charge is -2.51. The molecule has 0 bridgehead atoms. The minimum atomic E-state index is -1.46. The van der Waals surface area contributed by atoms with E-state index in [9.17, 15) is 19.2 Å². The van der Waals surface area contributed by atoms with Crippen LogP contribution in [0.1, 0.15) is 0 Å². The van der Waals surface area contributed by atoms with Gasteiger partial charge in [0.1, 0.15) is 17.2 Å². The number of nitrogens with zero attached hydrogens (tertiary/aromatic N) is 1. The second-order valence-corrected chi connectivity index (χ2v) is 6.41. The van der Waals surface area contributed by atoms with Crippen molar-refractivity contribution in [2.45, 2.75) is 17.5 Å². The molecule has 126 valence electrons. The van der Waals surface area contributed by atoms with Crippen LogP contribution in [-0.2, 0) is 19.2 Å². The van der Waals surface area contributed by atoms with Gasteiger partial charge < -0.3 is 20.1 Å². The van der Waals surface area contributed by atoms with E-state index in [0.29, 0.717) is 5.75 Å². The summed E-state index contributed by atoms with van der Waals surface area (Å²) >= 11 is 1.15. The van der Waals surface area contributed by atoms with Gasteiger partial charge in [0.25, 0.3) is 5.91 Å². The molecule has 2 unspecified atom stereocenters. The highest BCUT2D eigenvalue weighted by atomic mass is 32.2. The van der Waals surface area contributed by atoms with Gasteiger partial charge in [-0.2, -0.15) is 0 Å². The Balaban J connectivity index is 1.57. The van der Waals surface area contributed by atoms with E-state index in [4.69, 9.17) is 9.84 Å². The van der Waals surface area contributed by atoms with Crippen LogP contribution < -0.4 is 10.1 Å². The number of thioether (sulfide) groups is 1. The molecule has 1 aromatic carbocycles. The van der Waals surface area contributed by atoms with Crippen molar-refractivity contribution in [1.82, 2.24) is 10.2 Å². The third kappa shape index (κ3) is 2.94. The van der Waals surface area contributed by atoms with Gasteiger partial charge in [0, 0.05) is 0 Å². The van der Waals surface area contributed by atoms with Crippen LogP contribution in [0.5, 0.6) is 5.75 Å². The first-order valence-electron chi connectivity index (χ1n) is 7.15. The van der Waals surface area contributed by atoms with Crippen LogP contribution in [0.2, 0.25) is 0 Å². The maximum atomic E-state index is 12.1. The van der Waals surface area contributed by atoms with Crippen LogP contribution in [0, 0.1) is 0 Å². The van der Waals surface area contributed by atoms with Crippen LogP contribution in [0.3, 0.4) is 0 Å². The molecule has 0 spiro atoms. The van der Waals surface area contributed by atoms with E-state index in [-0.39, 0.29) is 12.4 Å². The molecule has 0 aromatic heterocycles. The molecule has 2 amide bonds. The fourth-order valence-corrected chi connectivity index (χ4v) is 3.87. The monoisotopic (exact) mass is 350 g/mol. The number of ketones is 1. The Morgan fingerprint density at radius 2 is 2.00 bits per heavy atom. The molecule has 2 aliphatic rings. The van der Waals surface area contributed by atoms with Crippen molar-refractivity contribution in [1.29, 1.82) is 0 Å². The van der Waals surface area contributed by atoms with Gasteiger partial charge >= 0.3 is 5.97 Å². The van der Waals surface area contributed by atoms with Gasteiger partial charge in [0.15, 0.2) is 18.4 Å². The van der Waals surface area contributed by atoms with Crippen molar-refractivity contribution in [3.05, 3.63) is 30.3 Å². The molecule has 8 nitrogen and oxygen atoms in total. The number of ether oxygens (including phenoxy) is 1. The third-order valence-corrected chi connectivity index (χ3v) is 5.01. The summed E-state index contributed by atoms with van der Waals surface area (Å²) in [6.45, 7) is -0.257. The van der Waals surface area contributed by atoms with E-state index in [2.05, 4.69) is 5.32 Å². The number of carbonyl (C=O) groups excluding carboxylic acids is 3. The number of carboxylic acids is 1. The number of Topliss-reactive ketones (excluding diaryl/α,β-unsaturated/α-hetero) is 1. The Kier molecular flexibility index (Phi) is 4.43. The normalized spacial score (nSPS) is 25.5. The molecule has 0 saturated carbocycles. The van der Waals surface area contributed by atoms with Crippen LogP contribution >= 0.6 is 11.8 Å². The number of β-lactam (4-membered cyclic amide) rings is 1. The SMILES string of the molecule is O=C(COc1ccccc1)NC1C(=O)N2C(C(=O)O)C(=O)CS[C@@H]12. The van der Waals surface area contributed by atoms with Crippen LogP contribution in [-0.4, -0.2) is 63.4 Å². The topological polar surface area (TPSA) is 113 Å². The lowest BCUT2D eigenvalue weighted by Crippen LogP contribution is -2.76. The average molecular weight is 350 g/mol. The Hall–Kier alpha value is -2.55. The largest absolute Gasteiger partial charge is 0.484 e. The number of hydrogen-bond donors (Lipinski definition) is 2. The fourth-order valence-electron chi connectivity index (χ4n) is 2.61. The fraction of sp³-hybridized carbons (Fsp3) is 0.333. The van der Waals surface area contributed by atoms with Crippen LogP contribution in [0.4, 0.5) is 0 Å². The quantitative estimate of drug-likeness (QED) is 0.543. The molecule has 3 rings (SSSR count). The van der Waals surface area contributed by atoms with Gasteiger partial charge in [-0.1, -0.05) is 18.2 Å². The smallest absolute Gasteiger partial charge is 0.334 e. The van der Waals surface area contributed by atoms with Crippen LogP contribution in [0.15, 0.2) is 30.3 Å². The highest BCUT2D eigenvalue weighted by molar-refractivity contribution is 8.00. The Morgan fingerprint density at radius 3 is 2.67 bits per heavy atom. The second-order valence-electron chi connectivity index (χ2n) is 5.30. The zero-order valence-corrected chi connectivity index (χ0v) is 13.2. The van der Waals surface area contributed by atoms with Crippen molar-refractivity contribution in [2.24, 2.45) is 0 Å². The van der Waals surface area contributed by atoms with E-state index in [0.717, 1.165) is 16.7 Å². The Bertz CT molecular complexity index is 694. The van der Waals surface area contributed by atoms with E-state index in [1.165, 1.54) is 0 Å². The summed E-state index contributed by atoms with van der Waals surface area (Å²) in [5.74, 6) is -2.40. The predicted octanol–water partition coefficient (Wildman–Crippen LogP) is -0.512. The molecule has 2 aliphatic heterocycles. The number of amides is 2. The lowest BCUT2D eigenvalue weighted by molar-refractivity contribution is -0.165. The standard InChI is InChI=1S/C15H14N2O6S/c18-9-7-24-14-11(13(20)17(14)12(9)15(21)22)16-10(19)6-23-8-4-2-1-3-5-8/h1-5,11-12,14H,6-7H2,(H,16,19)(H,21,22)/t11?,12?,14-/m0/s1. The molecule has 2 fully saturated rings. The number of carbonyl (C=O) groups is 4. The molecule has 0 radical (unpaired) electrons. The number of benzene rings is 1. The number of para-hydroxylation sites is 1. The Labute approximate surface area is 141 Å². The summed E-state index contributed by atoms with van der Waals surface area (Å²) in [4.78, 5) is 47.9. The second kappa shape index (κ2) is 6.52. The summed E-state index contributed by atoms with van der Waals surface area (Å²) in [6, 6.07) is 6.45. The van der Waals surface area contributed by atoms with Crippen molar-refractivity contribution in [2.75, 3.05) is 12.4 Å².